The van der Waals surface area contributed by atoms with Crippen molar-refractivity contribution < 1.29 is 4.74 Å². The lowest BCUT2D eigenvalue weighted by atomic mass is 10.3. The molecule has 0 spiro atoms. The number of benzene rings is 1. The fourth-order valence-electron chi connectivity index (χ4n) is 1.28. The van der Waals surface area contributed by atoms with Gasteiger partial charge >= 0.3 is 0 Å². The van der Waals surface area contributed by atoms with Gasteiger partial charge in [0.25, 0.3) is 0 Å². The van der Waals surface area contributed by atoms with Crippen LogP contribution < -0.4 is 4.74 Å². The van der Waals surface area contributed by atoms with Crippen LogP contribution in [0.1, 0.15) is 5.56 Å². The Hall–Kier alpha value is -0.580. The third kappa shape index (κ3) is 3.21. The average molecular weight is 377 g/mol. The van der Waals surface area contributed by atoms with Crippen molar-refractivity contribution in [1.29, 1.82) is 0 Å². The van der Waals surface area contributed by atoms with Gasteiger partial charge in [-0.1, -0.05) is 22.0 Å². The summed E-state index contributed by atoms with van der Waals surface area (Å²) in [5.41, 5.74) is 0.865. The van der Waals surface area contributed by atoms with Gasteiger partial charge in [-0.25, -0.2) is 4.98 Å². The van der Waals surface area contributed by atoms with Crippen LogP contribution in [-0.4, -0.2) is 4.98 Å². The zero-order valence-electron chi connectivity index (χ0n) is 8.66. The van der Waals surface area contributed by atoms with Crippen LogP contribution in [0.25, 0.3) is 0 Å². The van der Waals surface area contributed by atoms with Crippen molar-refractivity contribution in [3.8, 4) is 11.6 Å². The van der Waals surface area contributed by atoms with Gasteiger partial charge in [0.15, 0.2) is 0 Å². The minimum atomic E-state index is 0.372. The van der Waals surface area contributed by atoms with Gasteiger partial charge in [-0.15, -0.1) is 11.6 Å². The average Bonchev–Trinajstić information content (AvgIpc) is 2.33. The molecule has 5 heteroatoms. The Morgan fingerprint density at radius 2 is 2.06 bits per heavy atom. The van der Waals surface area contributed by atoms with Crippen LogP contribution >= 0.6 is 43.5 Å². The van der Waals surface area contributed by atoms with Crippen LogP contribution in [0.2, 0.25) is 0 Å². The lowest BCUT2D eigenvalue weighted by Crippen LogP contribution is -1.93. The molecule has 1 aromatic heterocycles. The van der Waals surface area contributed by atoms with E-state index in [1.165, 1.54) is 0 Å². The number of hydrogen-bond acceptors (Lipinski definition) is 2. The number of aromatic nitrogens is 1. The predicted octanol–water partition coefficient (Wildman–Crippen LogP) is 5.14. The molecule has 2 nitrogen and oxygen atoms in total. The molecule has 1 aromatic carbocycles. The molecule has 0 saturated carbocycles. The first-order valence-electron chi connectivity index (χ1n) is 4.83. The van der Waals surface area contributed by atoms with Gasteiger partial charge in [0, 0.05) is 16.2 Å². The summed E-state index contributed by atoms with van der Waals surface area (Å²) in [6.45, 7) is 0. The van der Waals surface area contributed by atoms with E-state index in [0.717, 1.165) is 14.5 Å². The predicted molar refractivity (Wildman–Crippen MR) is 75.7 cm³/mol. The number of nitrogens with zero attached hydrogens (tertiary/aromatic N) is 1. The van der Waals surface area contributed by atoms with E-state index in [1.807, 2.05) is 30.3 Å². The highest BCUT2D eigenvalue weighted by Gasteiger charge is 2.07. The van der Waals surface area contributed by atoms with Crippen LogP contribution in [0, 0.1) is 0 Å². The van der Waals surface area contributed by atoms with E-state index in [-0.39, 0.29) is 0 Å². The Morgan fingerprint density at radius 1 is 1.24 bits per heavy atom. The topological polar surface area (TPSA) is 22.1 Å². The molecule has 2 aromatic rings. The molecule has 17 heavy (non-hydrogen) atoms. The Kier molecular flexibility index (Phi) is 4.42. The molecule has 0 amide bonds. The highest BCUT2D eigenvalue weighted by molar-refractivity contribution is 9.11. The van der Waals surface area contributed by atoms with Crippen molar-refractivity contribution in [2.75, 3.05) is 0 Å². The van der Waals surface area contributed by atoms with Gasteiger partial charge in [0.1, 0.15) is 5.75 Å². The maximum absolute atomic E-state index is 5.82. The summed E-state index contributed by atoms with van der Waals surface area (Å²) in [7, 11) is 0. The Morgan fingerprint density at radius 3 is 2.76 bits per heavy atom. The zero-order chi connectivity index (χ0) is 12.3. The summed E-state index contributed by atoms with van der Waals surface area (Å²) in [4.78, 5) is 4.17. The lowest BCUT2D eigenvalue weighted by molar-refractivity contribution is 0.455. The van der Waals surface area contributed by atoms with E-state index >= 15 is 0 Å². The molecule has 0 atom stereocenters. The number of halogens is 3. The summed E-state index contributed by atoms with van der Waals surface area (Å²) in [6.07, 6.45) is 1.68. The summed E-state index contributed by atoms with van der Waals surface area (Å²) in [6, 6.07) is 9.41. The maximum atomic E-state index is 5.82. The van der Waals surface area contributed by atoms with Crippen LogP contribution in [0.5, 0.6) is 11.6 Å². The van der Waals surface area contributed by atoms with Crippen molar-refractivity contribution in [1.82, 2.24) is 4.98 Å². The summed E-state index contributed by atoms with van der Waals surface area (Å²) < 4.78 is 7.56. The van der Waals surface area contributed by atoms with Gasteiger partial charge in [0.2, 0.25) is 5.88 Å². The van der Waals surface area contributed by atoms with Crippen LogP contribution in [-0.2, 0) is 5.88 Å². The summed E-state index contributed by atoms with van der Waals surface area (Å²) in [5.74, 6) is 1.61. The molecule has 0 aliphatic rings. The van der Waals surface area contributed by atoms with Gasteiger partial charge in [-0.3, -0.25) is 0 Å². The van der Waals surface area contributed by atoms with Gasteiger partial charge < -0.3 is 4.74 Å². The fourth-order valence-corrected chi connectivity index (χ4v) is 2.61. The molecule has 0 saturated heterocycles. The van der Waals surface area contributed by atoms with Crippen LogP contribution in [0.4, 0.5) is 0 Å². The first-order valence-corrected chi connectivity index (χ1v) is 6.95. The molecule has 2 rings (SSSR count). The van der Waals surface area contributed by atoms with E-state index in [2.05, 4.69) is 36.8 Å². The molecule has 0 N–H and O–H groups in total. The molecule has 0 bridgehead atoms. The largest absolute Gasteiger partial charge is 0.438 e. The van der Waals surface area contributed by atoms with Crippen molar-refractivity contribution >= 4 is 43.5 Å². The molecule has 0 aliphatic heterocycles. The SMILES string of the molecule is ClCc1cccnc1Oc1ccc(Br)cc1Br. The van der Waals surface area contributed by atoms with Gasteiger partial charge in [0.05, 0.1) is 10.4 Å². The first kappa shape index (κ1) is 12.9. The molecule has 0 unspecified atom stereocenters. The second-order valence-corrected chi connectivity index (χ2v) is 5.32. The molecular weight excluding hydrogens is 369 g/mol. The maximum Gasteiger partial charge on any atom is 0.223 e. The summed E-state index contributed by atoms with van der Waals surface area (Å²) in [5, 5.41) is 0. The normalized spacial score (nSPS) is 10.3. The van der Waals surface area contributed by atoms with Crippen molar-refractivity contribution in [2.24, 2.45) is 0 Å². The number of pyridine rings is 1. The fraction of sp³-hybridized carbons (Fsp3) is 0.0833. The molecule has 0 radical (unpaired) electrons. The molecule has 1 heterocycles. The second kappa shape index (κ2) is 5.85. The minimum absolute atomic E-state index is 0.372. The molecular formula is C12H8Br2ClNO. The highest BCUT2D eigenvalue weighted by atomic mass is 79.9. The first-order chi connectivity index (χ1) is 8.20. The van der Waals surface area contributed by atoms with E-state index in [1.54, 1.807) is 6.20 Å². The number of ether oxygens (including phenoxy) is 1. The number of hydrogen-bond donors (Lipinski definition) is 0. The standard InChI is InChI=1S/C12H8Br2ClNO/c13-9-3-4-11(10(14)6-9)17-12-8(7-15)2-1-5-16-12/h1-6H,7H2. The zero-order valence-corrected chi connectivity index (χ0v) is 12.6. The van der Waals surface area contributed by atoms with Crippen LogP contribution in [0.15, 0.2) is 45.5 Å². The van der Waals surface area contributed by atoms with E-state index in [4.69, 9.17) is 16.3 Å². The second-order valence-electron chi connectivity index (χ2n) is 3.28. The monoisotopic (exact) mass is 375 g/mol. The minimum Gasteiger partial charge on any atom is -0.438 e. The van der Waals surface area contributed by atoms with Crippen molar-refractivity contribution in [3.63, 3.8) is 0 Å². The summed E-state index contributed by atoms with van der Waals surface area (Å²) >= 11 is 12.6. The van der Waals surface area contributed by atoms with E-state index in [9.17, 15) is 0 Å². The third-order valence-corrected chi connectivity index (χ3v) is 3.50. The van der Waals surface area contributed by atoms with E-state index < -0.39 is 0 Å². The van der Waals surface area contributed by atoms with Crippen LogP contribution in [0.3, 0.4) is 0 Å². The van der Waals surface area contributed by atoms with Crippen molar-refractivity contribution in [3.05, 3.63) is 51.0 Å². The van der Waals surface area contributed by atoms with E-state index in [0.29, 0.717) is 17.5 Å². The Balaban J connectivity index is 2.31. The van der Waals surface area contributed by atoms with Crippen molar-refractivity contribution in [2.45, 2.75) is 5.88 Å². The molecule has 0 aliphatic carbocycles. The highest BCUT2D eigenvalue weighted by Crippen LogP contribution is 2.32. The smallest absolute Gasteiger partial charge is 0.223 e. The number of rotatable bonds is 3. The lowest BCUT2D eigenvalue weighted by Gasteiger charge is -2.09. The molecule has 88 valence electrons. The Labute approximate surface area is 121 Å². The number of alkyl halides is 1. The third-order valence-electron chi connectivity index (χ3n) is 2.09. The Bertz CT molecular complexity index is 534. The quantitative estimate of drug-likeness (QED) is 0.691. The van der Waals surface area contributed by atoms with Gasteiger partial charge in [-0.05, 0) is 40.2 Å². The molecule has 0 fully saturated rings. The van der Waals surface area contributed by atoms with Gasteiger partial charge in [-0.2, -0.15) is 0 Å².